The van der Waals surface area contributed by atoms with E-state index in [0.717, 1.165) is 0 Å². The SMILES string of the molecule is CN.Nc1c(F)c(F)c(C=O)c(F)c1F. The second-order valence-electron chi connectivity index (χ2n) is 2.20. The first-order valence-electron chi connectivity index (χ1n) is 3.65. The number of nitrogen functional groups attached to an aromatic ring is 1. The number of hydrogen-bond donors (Lipinski definition) is 2. The molecule has 0 aliphatic rings. The summed E-state index contributed by atoms with van der Waals surface area (Å²) in [6, 6.07) is 0. The Kier molecular flexibility index (Phi) is 4.72. The van der Waals surface area contributed by atoms with Gasteiger partial charge < -0.3 is 11.5 Å². The van der Waals surface area contributed by atoms with Crippen molar-refractivity contribution < 1.29 is 22.4 Å². The van der Waals surface area contributed by atoms with Gasteiger partial charge in [0.2, 0.25) is 0 Å². The summed E-state index contributed by atoms with van der Waals surface area (Å²) < 4.78 is 50.3. The Bertz CT molecular complexity index is 352. The molecule has 0 radical (unpaired) electrons. The number of rotatable bonds is 1. The Labute approximate surface area is 82.7 Å². The number of benzene rings is 1. The summed E-state index contributed by atoms with van der Waals surface area (Å²) in [6.45, 7) is 0. The fourth-order valence-electron chi connectivity index (χ4n) is 0.769. The van der Waals surface area contributed by atoms with E-state index >= 15 is 0 Å². The molecule has 0 aliphatic carbocycles. The third-order valence-corrected chi connectivity index (χ3v) is 1.45. The molecule has 3 nitrogen and oxygen atoms in total. The molecule has 7 heteroatoms. The van der Waals surface area contributed by atoms with E-state index in [0.29, 0.717) is 0 Å². The predicted octanol–water partition coefficient (Wildman–Crippen LogP) is 1.21. The maximum Gasteiger partial charge on any atom is 0.185 e. The van der Waals surface area contributed by atoms with E-state index in [1.807, 2.05) is 0 Å². The highest BCUT2D eigenvalue weighted by atomic mass is 19.2. The van der Waals surface area contributed by atoms with Gasteiger partial charge in [0.1, 0.15) is 5.69 Å². The van der Waals surface area contributed by atoms with Gasteiger partial charge in [-0.3, -0.25) is 4.79 Å². The van der Waals surface area contributed by atoms with Crippen LogP contribution in [0.3, 0.4) is 0 Å². The van der Waals surface area contributed by atoms with Gasteiger partial charge in [-0.1, -0.05) is 0 Å². The average molecular weight is 224 g/mol. The van der Waals surface area contributed by atoms with Crippen molar-refractivity contribution in [1.29, 1.82) is 0 Å². The van der Waals surface area contributed by atoms with Gasteiger partial charge in [-0.25, -0.2) is 17.6 Å². The van der Waals surface area contributed by atoms with Crippen LogP contribution in [0, 0.1) is 23.3 Å². The lowest BCUT2D eigenvalue weighted by Crippen LogP contribution is -2.07. The van der Waals surface area contributed by atoms with Crippen molar-refractivity contribution in [3.8, 4) is 0 Å². The van der Waals surface area contributed by atoms with E-state index in [1.54, 1.807) is 0 Å². The number of carbonyl (C=O) groups excluding carboxylic acids is 1. The molecule has 0 unspecified atom stereocenters. The van der Waals surface area contributed by atoms with Gasteiger partial charge in [0, 0.05) is 0 Å². The van der Waals surface area contributed by atoms with Gasteiger partial charge >= 0.3 is 0 Å². The Hall–Kier alpha value is -1.63. The van der Waals surface area contributed by atoms with Crippen molar-refractivity contribution in [3.63, 3.8) is 0 Å². The van der Waals surface area contributed by atoms with Crippen LogP contribution in [0.1, 0.15) is 10.4 Å². The highest BCUT2D eigenvalue weighted by molar-refractivity contribution is 5.77. The number of aldehydes is 1. The van der Waals surface area contributed by atoms with Crippen LogP contribution in [0.4, 0.5) is 23.2 Å². The smallest absolute Gasteiger partial charge is 0.185 e. The zero-order valence-electron chi connectivity index (χ0n) is 7.65. The lowest BCUT2D eigenvalue weighted by molar-refractivity contribution is 0.111. The first-order chi connectivity index (χ1) is 7.00. The lowest BCUT2D eigenvalue weighted by Gasteiger charge is -2.03. The maximum atomic E-state index is 12.6. The summed E-state index contributed by atoms with van der Waals surface area (Å²) in [5, 5.41) is 0. The summed E-state index contributed by atoms with van der Waals surface area (Å²) in [4.78, 5) is 10.0. The molecule has 0 fully saturated rings. The Morgan fingerprint density at radius 3 is 1.53 bits per heavy atom. The molecule has 0 bridgehead atoms. The van der Waals surface area contributed by atoms with Crippen LogP contribution >= 0.6 is 0 Å². The van der Waals surface area contributed by atoms with Crippen LogP contribution in [0.5, 0.6) is 0 Å². The normalized spacial score (nSPS) is 9.20. The molecule has 1 rings (SSSR count). The average Bonchev–Trinajstić information content (AvgIpc) is 2.27. The van der Waals surface area contributed by atoms with Gasteiger partial charge in [-0.05, 0) is 7.05 Å². The molecule has 0 spiro atoms. The fourth-order valence-corrected chi connectivity index (χ4v) is 0.769. The van der Waals surface area contributed by atoms with E-state index in [4.69, 9.17) is 0 Å². The van der Waals surface area contributed by atoms with Crippen molar-refractivity contribution in [1.82, 2.24) is 0 Å². The molecule has 0 amide bonds. The van der Waals surface area contributed by atoms with Gasteiger partial charge in [0.05, 0.1) is 5.56 Å². The summed E-state index contributed by atoms with van der Waals surface area (Å²) in [5.41, 5.74) is 6.58. The number of halogens is 4. The molecule has 4 N–H and O–H groups in total. The van der Waals surface area contributed by atoms with Crippen LogP contribution in [0.2, 0.25) is 0 Å². The second-order valence-corrected chi connectivity index (χ2v) is 2.20. The number of carbonyl (C=O) groups is 1. The van der Waals surface area contributed by atoms with Crippen molar-refractivity contribution >= 4 is 12.0 Å². The molecular weight excluding hydrogens is 216 g/mol. The summed E-state index contributed by atoms with van der Waals surface area (Å²) in [6.07, 6.45) is -0.323. The molecule has 1 aromatic rings. The van der Waals surface area contributed by atoms with Crippen molar-refractivity contribution in [2.24, 2.45) is 5.73 Å². The Morgan fingerprint density at radius 2 is 1.27 bits per heavy atom. The van der Waals surface area contributed by atoms with E-state index in [2.05, 4.69) is 11.5 Å². The molecule has 0 aliphatic heterocycles. The molecule has 0 aromatic heterocycles. The van der Waals surface area contributed by atoms with E-state index in [1.165, 1.54) is 7.05 Å². The van der Waals surface area contributed by atoms with Gasteiger partial charge in [-0.15, -0.1) is 0 Å². The molecule has 0 heterocycles. The standard InChI is InChI=1S/C7H3F4NO.CH5N/c8-3-2(1-13)4(9)6(11)7(12)5(3)10;1-2/h1H,12H2;2H2,1H3. The zero-order chi connectivity index (χ0) is 12.2. The summed E-state index contributed by atoms with van der Waals surface area (Å²) in [7, 11) is 1.50. The number of nitrogens with two attached hydrogens (primary N) is 2. The minimum Gasteiger partial charge on any atom is -0.394 e. The Balaban J connectivity index is 0.000000921. The van der Waals surface area contributed by atoms with Gasteiger partial charge in [0.15, 0.2) is 29.6 Å². The summed E-state index contributed by atoms with van der Waals surface area (Å²) >= 11 is 0. The third-order valence-electron chi connectivity index (χ3n) is 1.45. The van der Waals surface area contributed by atoms with Gasteiger partial charge in [-0.2, -0.15) is 0 Å². The molecular formula is C8H8F4N2O. The molecule has 84 valence electrons. The van der Waals surface area contributed by atoms with Crippen LogP contribution in [-0.4, -0.2) is 13.3 Å². The van der Waals surface area contributed by atoms with Crippen LogP contribution in [0.15, 0.2) is 0 Å². The first-order valence-corrected chi connectivity index (χ1v) is 3.65. The van der Waals surface area contributed by atoms with Crippen LogP contribution in [-0.2, 0) is 0 Å². The minimum absolute atomic E-state index is 0.323. The highest BCUT2D eigenvalue weighted by Gasteiger charge is 2.22. The highest BCUT2D eigenvalue weighted by Crippen LogP contribution is 2.24. The molecule has 0 saturated carbocycles. The number of hydrogen-bond acceptors (Lipinski definition) is 3. The van der Waals surface area contributed by atoms with Crippen molar-refractivity contribution in [2.75, 3.05) is 12.8 Å². The maximum absolute atomic E-state index is 12.6. The van der Waals surface area contributed by atoms with Crippen molar-refractivity contribution in [2.45, 2.75) is 0 Å². The first kappa shape index (κ1) is 13.4. The van der Waals surface area contributed by atoms with E-state index in [9.17, 15) is 22.4 Å². The van der Waals surface area contributed by atoms with E-state index < -0.39 is 34.5 Å². The zero-order valence-corrected chi connectivity index (χ0v) is 7.65. The topological polar surface area (TPSA) is 69.1 Å². The predicted molar refractivity (Wildman–Crippen MR) is 46.2 cm³/mol. The second kappa shape index (κ2) is 5.30. The largest absolute Gasteiger partial charge is 0.394 e. The van der Waals surface area contributed by atoms with Crippen LogP contribution < -0.4 is 11.5 Å². The van der Waals surface area contributed by atoms with Crippen LogP contribution in [0.25, 0.3) is 0 Å². The summed E-state index contributed by atoms with van der Waals surface area (Å²) in [5.74, 6) is -7.10. The fraction of sp³-hybridized carbons (Fsp3) is 0.125. The molecule has 15 heavy (non-hydrogen) atoms. The van der Waals surface area contributed by atoms with E-state index in [-0.39, 0.29) is 6.29 Å². The number of anilines is 1. The van der Waals surface area contributed by atoms with Crippen molar-refractivity contribution in [3.05, 3.63) is 28.8 Å². The molecule has 1 aromatic carbocycles. The molecule has 0 saturated heterocycles. The monoisotopic (exact) mass is 224 g/mol. The lowest BCUT2D eigenvalue weighted by atomic mass is 10.1. The third kappa shape index (κ3) is 2.24. The van der Waals surface area contributed by atoms with Gasteiger partial charge in [0.25, 0.3) is 0 Å². The quantitative estimate of drug-likeness (QED) is 0.326. The molecule has 0 atom stereocenters. The minimum atomic E-state index is -1.79. The Morgan fingerprint density at radius 1 is 0.933 bits per heavy atom.